The molecule has 2 aromatic heterocycles. The van der Waals surface area contributed by atoms with Gasteiger partial charge in [0.25, 0.3) is 5.56 Å². The summed E-state index contributed by atoms with van der Waals surface area (Å²) in [6.07, 6.45) is 12.3. The lowest BCUT2D eigenvalue weighted by molar-refractivity contribution is -0.124. The monoisotopic (exact) mass is 510 g/mol. The summed E-state index contributed by atoms with van der Waals surface area (Å²) in [6, 6.07) is 13.2. The summed E-state index contributed by atoms with van der Waals surface area (Å²) in [4.78, 5) is 38.2. The van der Waals surface area contributed by atoms with Crippen LogP contribution < -0.4 is 21.5 Å². The fourth-order valence-corrected chi connectivity index (χ4v) is 5.87. The number of amides is 1. The Labute approximate surface area is 222 Å². The first-order chi connectivity index (χ1) is 18.4. The summed E-state index contributed by atoms with van der Waals surface area (Å²) in [5.41, 5.74) is 8.45. The molecule has 0 fully saturated rings. The maximum Gasteiger partial charge on any atom is 0.294 e. The number of carbonyl (C=O) groups excluding carboxylic acids is 1. The van der Waals surface area contributed by atoms with Gasteiger partial charge in [-0.15, -0.1) is 0 Å². The summed E-state index contributed by atoms with van der Waals surface area (Å²) in [5, 5.41) is 3.00. The van der Waals surface area contributed by atoms with Crippen molar-refractivity contribution in [3.63, 3.8) is 0 Å². The fourth-order valence-electron chi connectivity index (χ4n) is 5.87. The molecule has 2 aliphatic rings. The zero-order valence-corrected chi connectivity index (χ0v) is 22.1. The van der Waals surface area contributed by atoms with E-state index in [4.69, 9.17) is 5.73 Å². The molecule has 1 aliphatic heterocycles. The zero-order valence-electron chi connectivity index (χ0n) is 22.1. The van der Waals surface area contributed by atoms with Crippen molar-refractivity contribution in [2.75, 3.05) is 17.7 Å². The molecule has 8 nitrogen and oxygen atoms in total. The molecule has 0 radical (unpaired) electrons. The van der Waals surface area contributed by atoms with Crippen LogP contribution in [-0.2, 0) is 23.3 Å². The van der Waals surface area contributed by atoms with Gasteiger partial charge in [-0.05, 0) is 43.4 Å². The lowest BCUT2D eigenvalue weighted by Gasteiger charge is -2.46. The Morgan fingerprint density at radius 2 is 2.00 bits per heavy atom. The second kappa shape index (κ2) is 10.3. The van der Waals surface area contributed by atoms with Crippen molar-refractivity contribution in [2.45, 2.75) is 51.2 Å². The predicted octanol–water partition coefficient (Wildman–Crippen LogP) is 3.82. The largest absolute Gasteiger partial charge is 0.384 e. The third-order valence-electron chi connectivity index (χ3n) is 7.93. The number of nitrogens with two attached hydrogens (primary N) is 1. The van der Waals surface area contributed by atoms with Crippen LogP contribution in [0.4, 0.5) is 11.6 Å². The molecule has 8 heteroatoms. The van der Waals surface area contributed by atoms with Crippen LogP contribution in [0.25, 0.3) is 0 Å². The molecule has 1 aliphatic carbocycles. The zero-order chi connectivity index (χ0) is 26.9. The summed E-state index contributed by atoms with van der Waals surface area (Å²) < 4.78 is 1.63. The summed E-state index contributed by atoms with van der Waals surface area (Å²) >= 11 is 0. The number of likely N-dealkylation sites (N-methyl/N-ethyl adjacent to an activating group) is 1. The van der Waals surface area contributed by atoms with E-state index in [0.717, 1.165) is 28.9 Å². The van der Waals surface area contributed by atoms with Gasteiger partial charge in [0.05, 0.1) is 5.54 Å². The lowest BCUT2D eigenvalue weighted by atomic mass is 9.73. The van der Waals surface area contributed by atoms with Gasteiger partial charge in [0.15, 0.2) is 5.82 Å². The standard InChI is InChI=1S/C30H34N6O2/c1-4-22-10-8-9-17-30(22,23-11-6-5-7-12-23)35(3)27-29(38)36-24(19-32-27)14-15-25(36)28(37)33-18-21-13-16-26(31)34-20(21)2/h5-13,16-17,19,22,25H,4,14-15,18H2,1-3H3,(H2,31,34)(H,33,37)/t22?,25-,30?/m0/s1. The summed E-state index contributed by atoms with van der Waals surface area (Å²) in [7, 11) is 1.93. The van der Waals surface area contributed by atoms with Crippen molar-refractivity contribution in [1.82, 2.24) is 19.9 Å². The summed E-state index contributed by atoms with van der Waals surface area (Å²) in [6.45, 7) is 4.34. The predicted molar refractivity (Wildman–Crippen MR) is 150 cm³/mol. The fraction of sp³-hybridized carbons (Fsp3) is 0.333. The van der Waals surface area contributed by atoms with Crippen LogP contribution in [0.2, 0.25) is 0 Å². The van der Waals surface area contributed by atoms with E-state index in [9.17, 15) is 9.59 Å². The minimum Gasteiger partial charge on any atom is -0.384 e. The van der Waals surface area contributed by atoms with Gasteiger partial charge in [-0.3, -0.25) is 14.2 Å². The number of pyridine rings is 1. The van der Waals surface area contributed by atoms with Crippen molar-refractivity contribution in [3.8, 4) is 0 Å². The molecule has 0 saturated heterocycles. The van der Waals surface area contributed by atoms with E-state index in [-0.39, 0.29) is 17.4 Å². The molecule has 3 aromatic rings. The minimum atomic E-state index is -0.592. The van der Waals surface area contributed by atoms with E-state index >= 15 is 0 Å². The molecule has 38 heavy (non-hydrogen) atoms. The Kier molecular flexibility index (Phi) is 6.89. The second-order valence-electron chi connectivity index (χ2n) is 10.0. The van der Waals surface area contributed by atoms with Crippen molar-refractivity contribution in [1.29, 1.82) is 0 Å². The van der Waals surface area contributed by atoms with Crippen LogP contribution in [-0.4, -0.2) is 27.5 Å². The van der Waals surface area contributed by atoms with E-state index in [0.29, 0.717) is 31.0 Å². The highest BCUT2D eigenvalue weighted by molar-refractivity contribution is 5.81. The SMILES string of the molecule is CCC1C=CC=CC1(c1ccccc1)N(C)c1ncc2n(c1=O)[C@H](C(=O)NCc1ccc(N)nc1C)CC2. The molecule has 0 saturated carbocycles. The number of allylic oxidation sites excluding steroid dienone is 2. The molecule has 3 atom stereocenters. The van der Waals surface area contributed by atoms with Crippen LogP contribution in [0.3, 0.4) is 0 Å². The van der Waals surface area contributed by atoms with Crippen LogP contribution in [0, 0.1) is 12.8 Å². The van der Waals surface area contributed by atoms with Gasteiger partial charge in [0.2, 0.25) is 5.91 Å². The third kappa shape index (κ3) is 4.30. The van der Waals surface area contributed by atoms with Crippen LogP contribution >= 0.6 is 0 Å². The molecular formula is C30H34N6O2. The molecule has 2 unspecified atom stereocenters. The maximum atomic E-state index is 14.0. The number of nitrogen functional groups attached to an aromatic ring is 1. The molecule has 3 heterocycles. The molecule has 1 amide bonds. The average Bonchev–Trinajstić information content (AvgIpc) is 3.38. The Hall–Kier alpha value is -4.20. The normalized spacial score (nSPS) is 21.8. The number of nitrogens with one attached hydrogen (secondary N) is 1. The van der Waals surface area contributed by atoms with Gasteiger partial charge >= 0.3 is 0 Å². The molecular weight excluding hydrogens is 476 g/mol. The van der Waals surface area contributed by atoms with Gasteiger partial charge < -0.3 is 16.0 Å². The molecule has 0 spiro atoms. The smallest absolute Gasteiger partial charge is 0.294 e. The lowest BCUT2D eigenvalue weighted by Crippen LogP contribution is -2.51. The number of hydrogen-bond donors (Lipinski definition) is 2. The maximum absolute atomic E-state index is 14.0. The topological polar surface area (TPSA) is 106 Å². The first kappa shape index (κ1) is 25.4. The molecule has 0 bridgehead atoms. The minimum absolute atomic E-state index is 0.134. The van der Waals surface area contributed by atoms with E-state index in [1.807, 2.05) is 49.2 Å². The van der Waals surface area contributed by atoms with E-state index < -0.39 is 11.6 Å². The Morgan fingerprint density at radius 3 is 2.74 bits per heavy atom. The van der Waals surface area contributed by atoms with Gasteiger partial charge in [-0.2, -0.15) is 0 Å². The second-order valence-corrected chi connectivity index (χ2v) is 10.0. The Morgan fingerprint density at radius 1 is 1.21 bits per heavy atom. The molecule has 3 N–H and O–H groups in total. The van der Waals surface area contributed by atoms with E-state index in [1.165, 1.54) is 0 Å². The Balaban J connectivity index is 1.48. The average molecular weight is 511 g/mol. The van der Waals surface area contributed by atoms with Crippen molar-refractivity contribution >= 4 is 17.5 Å². The number of rotatable bonds is 7. The van der Waals surface area contributed by atoms with Gasteiger partial charge in [-0.1, -0.05) is 67.6 Å². The number of carbonyl (C=O) groups is 1. The van der Waals surface area contributed by atoms with Crippen LogP contribution in [0.15, 0.2) is 77.8 Å². The number of nitrogens with zero attached hydrogens (tertiary/aromatic N) is 4. The summed E-state index contributed by atoms with van der Waals surface area (Å²) in [5.74, 6) is 0.718. The molecule has 196 valence electrons. The van der Waals surface area contributed by atoms with Gasteiger partial charge in [-0.25, -0.2) is 9.97 Å². The third-order valence-corrected chi connectivity index (χ3v) is 7.93. The van der Waals surface area contributed by atoms with Crippen molar-refractivity contribution in [3.05, 3.63) is 106 Å². The number of hydrogen-bond acceptors (Lipinski definition) is 6. The van der Waals surface area contributed by atoms with E-state index in [1.54, 1.807) is 16.8 Å². The van der Waals surface area contributed by atoms with Gasteiger partial charge in [0, 0.05) is 37.1 Å². The highest BCUT2D eigenvalue weighted by Crippen LogP contribution is 2.42. The highest BCUT2D eigenvalue weighted by Gasteiger charge is 2.43. The van der Waals surface area contributed by atoms with Gasteiger partial charge in [0.1, 0.15) is 11.9 Å². The van der Waals surface area contributed by atoms with Crippen LogP contribution in [0.1, 0.15) is 48.3 Å². The number of aryl methyl sites for hydroxylation is 2. The number of benzene rings is 1. The Bertz CT molecular complexity index is 1460. The van der Waals surface area contributed by atoms with Crippen LogP contribution in [0.5, 0.6) is 0 Å². The highest BCUT2D eigenvalue weighted by atomic mass is 16.2. The van der Waals surface area contributed by atoms with E-state index in [2.05, 4.69) is 52.6 Å². The quantitative estimate of drug-likeness (QED) is 0.501. The molecule has 5 rings (SSSR count). The van der Waals surface area contributed by atoms with Crippen molar-refractivity contribution < 1.29 is 4.79 Å². The number of fused-ring (bicyclic) bond motifs is 1. The molecule has 1 aromatic carbocycles. The first-order valence-electron chi connectivity index (χ1n) is 13.1. The number of anilines is 2. The van der Waals surface area contributed by atoms with Crippen molar-refractivity contribution in [2.24, 2.45) is 5.92 Å². The number of aromatic nitrogens is 3. The first-order valence-corrected chi connectivity index (χ1v) is 13.1.